The summed E-state index contributed by atoms with van der Waals surface area (Å²) in [5, 5.41) is 2.93. The molecule has 0 saturated heterocycles. The van der Waals surface area contributed by atoms with Crippen molar-refractivity contribution < 1.29 is 31.0 Å². The van der Waals surface area contributed by atoms with Gasteiger partial charge in [-0.2, -0.15) is 0 Å². The molecule has 0 amide bonds. The molecule has 0 rings (SSSR count). The zero-order valence-corrected chi connectivity index (χ0v) is 6.21. The molecule has 28 valence electrons. The molecule has 0 spiro atoms. The Balaban J connectivity index is -0.0000000450. The van der Waals surface area contributed by atoms with Crippen LogP contribution in [0.25, 0.3) is 0 Å². The minimum absolute atomic E-state index is 0. The molecule has 0 radical (unpaired) electrons. The van der Waals surface area contributed by atoms with E-state index in [1.807, 2.05) is 7.05 Å². The van der Waals surface area contributed by atoms with E-state index in [2.05, 4.69) is 12.2 Å². The Morgan fingerprint density at radius 1 is 1.80 bits per heavy atom. The third kappa shape index (κ3) is 11.3. The van der Waals surface area contributed by atoms with Gasteiger partial charge in [-0.25, -0.2) is 0 Å². The SMILES string of the molecule is CCNC.[H-].[Na+]. The summed E-state index contributed by atoms with van der Waals surface area (Å²) in [4.78, 5) is 0. The number of hydrogen-bond acceptors (Lipinski definition) is 1. The Morgan fingerprint density at radius 3 is 2.00 bits per heavy atom. The maximum absolute atomic E-state index is 2.93. The first kappa shape index (κ1) is 9.35. The molecule has 2 heteroatoms. The number of nitrogens with one attached hydrogen (secondary N) is 1. The van der Waals surface area contributed by atoms with Crippen LogP contribution < -0.4 is 34.9 Å². The van der Waals surface area contributed by atoms with Gasteiger partial charge in [0.25, 0.3) is 0 Å². The summed E-state index contributed by atoms with van der Waals surface area (Å²) in [7, 11) is 1.93. The van der Waals surface area contributed by atoms with E-state index in [-0.39, 0.29) is 31.0 Å². The van der Waals surface area contributed by atoms with Gasteiger partial charge in [-0.3, -0.25) is 0 Å². The maximum atomic E-state index is 2.93. The topological polar surface area (TPSA) is 12.0 Å². The van der Waals surface area contributed by atoms with Crippen molar-refractivity contribution in [3.8, 4) is 0 Å². The van der Waals surface area contributed by atoms with Crippen molar-refractivity contribution >= 4 is 0 Å². The van der Waals surface area contributed by atoms with Crippen LogP contribution in [-0.2, 0) is 0 Å². The second kappa shape index (κ2) is 8.88. The van der Waals surface area contributed by atoms with E-state index in [9.17, 15) is 0 Å². The van der Waals surface area contributed by atoms with Crippen LogP contribution in [0.1, 0.15) is 8.35 Å². The largest absolute Gasteiger partial charge is 1.00 e. The van der Waals surface area contributed by atoms with Gasteiger partial charge in [0.05, 0.1) is 0 Å². The van der Waals surface area contributed by atoms with Crippen molar-refractivity contribution in [3.63, 3.8) is 0 Å². The monoisotopic (exact) mass is 83.1 g/mol. The quantitative estimate of drug-likeness (QED) is 0.341. The molecule has 0 aromatic rings. The van der Waals surface area contributed by atoms with Crippen LogP contribution in [0.15, 0.2) is 0 Å². The molecule has 0 fully saturated rings. The summed E-state index contributed by atoms with van der Waals surface area (Å²) in [6.07, 6.45) is 0. The zero-order chi connectivity index (χ0) is 3.41. The number of hydrogen-bond donors (Lipinski definition) is 1. The van der Waals surface area contributed by atoms with Gasteiger partial charge in [0.2, 0.25) is 0 Å². The molecule has 0 bridgehead atoms. The van der Waals surface area contributed by atoms with E-state index in [0.717, 1.165) is 6.54 Å². The molecule has 0 aromatic carbocycles. The van der Waals surface area contributed by atoms with Crippen molar-refractivity contribution in [2.24, 2.45) is 0 Å². The Hall–Kier alpha value is 0.960. The van der Waals surface area contributed by atoms with Crippen molar-refractivity contribution in [1.29, 1.82) is 0 Å². The van der Waals surface area contributed by atoms with Gasteiger partial charge in [-0.15, -0.1) is 0 Å². The van der Waals surface area contributed by atoms with E-state index in [1.54, 1.807) is 0 Å². The van der Waals surface area contributed by atoms with Crippen molar-refractivity contribution in [1.82, 2.24) is 5.32 Å². The standard InChI is InChI=1S/C3H9N.Na.H/c1-3-4-2;;/h4H,3H2,1-2H3;;/q;+1;-1. The molecule has 0 aliphatic rings. The summed E-state index contributed by atoms with van der Waals surface area (Å²) >= 11 is 0. The first-order valence-electron chi connectivity index (χ1n) is 1.56. The van der Waals surface area contributed by atoms with Crippen LogP contribution in [-0.4, -0.2) is 13.6 Å². The molecular formula is C3H10NNa. The average Bonchev–Trinajstić information content (AvgIpc) is 1.37. The van der Waals surface area contributed by atoms with Crippen LogP contribution >= 0.6 is 0 Å². The molecule has 0 atom stereocenters. The molecule has 1 nitrogen and oxygen atoms in total. The van der Waals surface area contributed by atoms with Gasteiger partial charge in [0.1, 0.15) is 0 Å². The molecule has 0 saturated carbocycles. The van der Waals surface area contributed by atoms with E-state index in [0.29, 0.717) is 0 Å². The van der Waals surface area contributed by atoms with Gasteiger partial charge in [0, 0.05) is 0 Å². The Morgan fingerprint density at radius 2 is 2.00 bits per heavy atom. The van der Waals surface area contributed by atoms with Crippen LogP contribution in [0.5, 0.6) is 0 Å². The fourth-order valence-corrected chi connectivity index (χ4v) is 0. The second-order valence-corrected chi connectivity index (χ2v) is 0.707. The average molecular weight is 83.1 g/mol. The third-order valence-corrected chi connectivity index (χ3v) is 0.354. The van der Waals surface area contributed by atoms with Crippen molar-refractivity contribution in [3.05, 3.63) is 0 Å². The van der Waals surface area contributed by atoms with E-state index < -0.39 is 0 Å². The summed E-state index contributed by atoms with van der Waals surface area (Å²) < 4.78 is 0. The number of rotatable bonds is 1. The van der Waals surface area contributed by atoms with E-state index in [4.69, 9.17) is 0 Å². The van der Waals surface area contributed by atoms with Crippen molar-refractivity contribution in [2.45, 2.75) is 6.92 Å². The molecule has 5 heavy (non-hydrogen) atoms. The smallest absolute Gasteiger partial charge is 1.00 e. The van der Waals surface area contributed by atoms with E-state index in [1.165, 1.54) is 0 Å². The van der Waals surface area contributed by atoms with Gasteiger partial charge in [0.15, 0.2) is 0 Å². The Labute approximate surface area is 56.9 Å². The van der Waals surface area contributed by atoms with Gasteiger partial charge < -0.3 is 6.74 Å². The minimum atomic E-state index is 0. The van der Waals surface area contributed by atoms with Crippen LogP contribution in [0, 0.1) is 0 Å². The van der Waals surface area contributed by atoms with Crippen LogP contribution in [0.3, 0.4) is 0 Å². The normalized spacial score (nSPS) is 6.00. The summed E-state index contributed by atoms with van der Waals surface area (Å²) in [6, 6.07) is 0. The maximum Gasteiger partial charge on any atom is 1.00 e. The molecule has 0 heterocycles. The fourth-order valence-electron chi connectivity index (χ4n) is 0. The summed E-state index contributed by atoms with van der Waals surface area (Å²) in [6.45, 7) is 3.14. The fraction of sp³-hybridized carbons (Fsp3) is 1.00. The predicted octanol–water partition coefficient (Wildman–Crippen LogP) is -2.66. The van der Waals surface area contributed by atoms with Crippen molar-refractivity contribution in [2.75, 3.05) is 13.6 Å². The molecule has 0 unspecified atom stereocenters. The van der Waals surface area contributed by atoms with Gasteiger partial charge >= 0.3 is 29.6 Å². The van der Waals surface area contributed by atoms with E-state index >= 15 is 0 Å². The summed E-state index contributed by atoms with van der Waals surface area (Å²) in [5.74, 6) is 0. The predicted molar refractivity (Wildman–Crippen MR) is 20.7 cm³/mol. The molecule has 0 aliphatic heterocycles. The first-order valence-corrected chi connectivity index (χ1v) is 1.56. The molecular weight excluding hydrogens is 73.0 g/mol. The molecule has 1 N–H and O–H groups in total. The third-order valence-electron chi connectivity index (χ3n) is 0.354. The zero-order valence-electron chi connectivity index (χ0n) is 5.21. The van der Waals surface area contributed by atoms with Gasteiger partial charge in [-0.1, -0.05) is 6.92 Å². The van der Waals surface area contributed by atoms with Crippen LogP contribution in [0.4, 0.5) is 0 Å². The Kier molecular flexibility index (Phi) is 16.6. The minimum Gasteiger partial charge on any atom is -1.00 e. The Bertz CT molecular complexity index is 12.8. The van der Waals surface area contributed by atoms with Crippen LogP contribution in [0.2, 0.25) is 0 Å². The molecule has 0 aromatic heterocycles. The molecule has 0 aliphatic carbocycles. The summed E-state index contributed by atoms with van der Waals surface area (Å²) in [5.41, 5.74) is 0. The first-order chi connectivity index (χ1) is 1.91. The van der Waals surface area contributed by atoms with Gasteiger partial charge in [-0.05, 0) is 13.6 Å². The second-order valence-electron chi connectivity index (χ2n) is 0.707.